The number of rotatable bonds is 16. The van der Waals surface area contributed by atoms with Crippen molar-refractivity contribution in [3.8, 4) is 0 Å². The van der Waals surface area contributed by atoms with Crippen molar-refractivity contribution in [1.29, 1.82) is 0 Å². The second-order valence-electron chi connectivity index (χ2n) is 11.1. The third-order valence-corrected chi connectivity index (χ3v) is 8.41. The van der Waals surface area contributed by atoms with Gasteiger partial charge in [-0.05, 0) is 146 Å². The normalized spacial score (nSPS) is 37.3. The lowest BCUT2D eigenvalue weighted by molar-refractivity contribution is -0.0195. The predicted octanol–water partition coefficient (Wildman–Crippen LogP) is 3.53. The molecule has 0 aromatic heterocycles. The zero-order valence-electron chi connectivity index (χ0n) is 19.1. The molecule has 0 unspecified atom stereocenters. The maximum atomic E-state index is 4.05. The van der Waals surface area contributed by atoms with E-state index in [9.17, 15) is 0 Å². The van der Waals surface area contributed by atoms with Gasteiger partial charge in [0.15, 0.2) is 0 Å². The summed E-state index contributed by atoms with van der Waals surface area (Å²) in [4.78, 5) is 0. The number of hydrogen-bond acceptors (Lipinski definition) is 4. The molecule has 4 bridgehead atoms. The van der Waals surface area contributed by atoms with E-state index >= 15 is 0 Å². The van der Waals surface area contributed by atoms with Gasteiger partial charge >= 0.3 is 0 Å². The third-order valence-electron chi connectivity index (χ3n) is 8.41. The molecule has 0 aliphatic heterocycles. The molecule has 0 aromatic rings. The van der Waals surface area contributed by atoms with Crippen LogP contribution in [0.5, 0.6) is 0 Å². The molecule has 0 saturated heterocycles. The fraction of sp³-hybridized carbons (Fsp3) is 1.00. The van der Waals surface area contributed by atoms with Crippen molar-refractivity contribution in [2.24, 2.45) is 29.6 Å². The maximum absolute atomic E-state index is 4.05. The van der Waals surface area contributed by atoms with Gasteiger partial charge in [0, 0.05) is 5.54 Å². The van der Waals surface area contributed by atoms with Gasteiger partial charge in [-0.2, -0.15) is 0 Å². The molecule has 0 spiro atoms. The first-order valence-corrected chi connectivity index (χ1v) is 13.1. The van der Waals surface area contributed by atoms with Crippen LogP contribution in [0.4, 0.5) is 0 Å². The Labute approximate surface area is 180 Å². The molecule has 168 valence electrons. The molecule has 0 heterocycles. The minimum atomic E-state index is 0.558. The molecule has 5 fully saturated rings. The van der Waals surface area contributed by atoms with Crippen LogP contribution in [0.25, 0.3) is 0 Å². The van der Waals surface area contributed by atoms with Crippen molar-refractivity contribution < 1.29 is 0 Å². The Morgan fingerprint density at radius 2 is 1.10 bits per heavy atom. The molecular weight excluding hydrogens is 356 g/mol. The lowest BCUT2D eigenvalue weighted by atomic mass is 9.53. The van der Waals surface area contributed by atoms with Crippen molar-refractivity contribution in [3.63, 3.8) is 0 Å². The van der Waals surface area contributed by atoms with Crippen LogP contribution < -0.4 is 21.3 Å². The summed E-state index contributed by atoms with van der Waals surface area (Å²) in [5.74, 6) is 5.07. The first-order chi connectivity index (χ1) is 14.3. The van der Waals surface area contributed by atoms with E-state index in [4.69, 9.17) is 0 Å². The highest BCUT2D eigenvalue weighted by molar-refractivity contribution is 5.06. The highest BCUT2D eigenvalue weighted by atomic mass is 15.0. The van der Waals surface area contributed by atoms with Gasteiger partial charge < -0.3 is 21.3 Å². The second kappa shape index (κ2) is 10.9. The smallest absolute Gasteiger partial charge is 0.0189 e. The van der Waals surface area contributed by atoms with Crippen molar-refractivity contribution in [2.45, 2.75) is 83.1 Å². The Bertz CT molecular complexity index is 444. The van der Waals surface area contributed by atoms with E-state index in [0.29, 0.717) is 5.54 Å². The molecular formula is C25H48N4. The molecule has 4 heteroatoms. The fourth-order valence-electron chi connectivity index (χ4n) is 7.12. The minimum Gasteiger partial charge on any atom is -0.317 e. The van der Waals surface area contributed by atoms with E-state index < -0.39 is 0 Å². The van der Waals surface area contributed by atoms with Crippen LogP contribution in [0.15, 0.2) is 0 Å². The Kier molecular flexibility index (Phi) is 8.31. The van der Waals surface area contributed by atoms with Gasteiger partial charge in [-0.1, -0.05) is 6.92 Å². The van der Waals surface area contributed by atoms with Gasteiger partial charge in [-0.3, -0.25) is 0 Å². The van der Waals surface area contributed by atoms with E-state index in [2.05, 4.69) is 28.2 Å². The van der Waals surface area contributed by atoms with Gasteiger partial charge in [0.1, 0.15) is 0 Å². The van der Waals surface area contributed by atoms with Crippen molar-refractivity contribution in [2.75, 3.05) is 45.8 Å². The molecule has 4 nitrogen and oxygen atoms in total. The van der Waals surface area contributed by atoms with Gasteiger partial charge in [0.2, 0.25) is 0 Å². The van der Waals surface area contributed by atoms with Crippen LogP contribution in [-0.2, 0) is 0 Å². The summed E-state index contributed by atoms with van der Waals surface area (Å²) < 4.78 is 0. The van der Waals surface area contributed by atoms with E-state index in [1.165, 1.54) is 90.6 Å². The zero-order chi connectivity index (χ0) is 19.9. The van der Waals surface area contributed by atoms with E-state index in [-0.39, 0.29) is 0 Å². The Hall–Kier alpha value is -0.160. The average molecular weight is 405 g/mol. The quantitative estimate of drug-likeness (QED) is 0.297. The third kappa shape index (κ3) is 6.66. The molecule has 2 atom stereocenters. The molecule has 4 N–H and O–H groups in total. The standard InChI is InChI=1S/C25H48N4/c1-2-26-7-3-4-8-27-18-23-14-24(23)19-28-9-5-6-10-29-25-15-20-11-21(16-25)13-22(12-20)17-25/h20-24,26-29H,2-19H2,1H3/t20?,21?,22?,23-,24-,25?/m0/s1. The van der Waals surface area contributed by atoms with Crippen molar-refractivity contribution in [1.82, 2.24) is 21.3 Å². The van der Waals surface area contributed by atoms with Gasteiger partial charge in [-0.15, -0.1) is 0 Å². The summed E-state index contributed by atoms with van der Waals surface area (Å²) >= 11 is 0. The van der Waals surface area contributed by atoms with Crippen LogP contribution in [-0.4, -0.2) is 51.4 Å². The lowest BCUT2D eigenvalue weighted by Crippen LogP contribution is -2.58. The number of hydrogen-bond donors (Lipinski definition) is 4. The van der Waals surface area contributed by atoms with E-state index in [0.717, 1.165) is 36.1 Å². The van der Waals surface area contributed by atoms with Crippen LogP contribution in [0.3, 0.4) is 0 Å². The summed E-state index contributed by atoms with van der Waals surface area (Å²) in [7, 11) is 0. The van der Waals surface area contributed by atoms with Crippen molar-refractivity contribution in [3.05, 3.63) is 0 Å². The summed E-state index contributed by atoms with van der Waals surface area (Å²) in [5, 5.41) is 14.8. The Morgan fingerprint density at radius 1 is 0.621 bits per heavy atom. The first-order valence-electron chi connectivity index (χ1n) is 13.1. The van der Waals surface area contributed by atoms with E-state index in [1.807, 2.05) is 0 Å². The minimum absolute atomic E-state index is 0.558. The largest absolute Gasteiger partial charge is 0.317 e. The summed E-state index contributed by atoms with van der Waals surface area (Å²) in [6.07, 6.45) is 15.9. The number of unbranched alkanes of at least 4 members (excludes halogenated alkanes) is 2. The monoisotopic (exact) mass is 404 g/mol. The van der Waals surface area contributed by atoms with Crippen LogP contribution in [0.1, 0.15) is 77.6 Å². The molecule has 5 saturated carbocycles. The summed E-state index contributed by atoms with van der Waals surface area (Å²) in [6.45, 7) is 10.6. The highest BCUT2D eigenvalue weighted by Crippen LogP contribution is 2.55. The molecule has 29 heavy (non-hydrogen) atoms. The molecule has 0 amide bonds. The maximum Gasteiger partial charge on any atom is 0.0189 e. The summed E-state index contributed by atoms with van der Waals surface area (Å²) in [6, 6.07) is 0. The molecule has 5 rings (SSSR count). The fourth-order valence-corrected chi connectivity index (χ4v) is 7.12. The Balaban J connectivity index is 0.947. The topological polar surface area (TPSA) is 48.1 Å². The van der Waals surface area contributed by atoms with Crippen LogP contribution >= 0.6 is 0 Å². The van der Waals surface area contributed by atoms with Crippen LogP contribution in [0.2, 0.25) is 0 Å². The van der Waals surface area contributed by atoms with Crippen LogP contribution in [0, 0.1) is 29.6 Å². The lowest BCUT2D eigenvalue weighted by Gasteiger charge is -2.57. The average Bonchev–Trinajstić information content (AvgIpc) is 3.43. The zero-order valence-corrected chi connectivity index (χ0v) is 19.1. The predicted molar refractivity (Wildman–Crippen MR) is 123 cm³/mol. The Morgan fingerprint density at radius 3 is 1.62 bits per heavy atom. The SMILES string of the molecule is CCNCCCCNC[C@@H]1C[C@H]1CNCCCCNC12CC3CC(CC(C3)C1)C2. The molecule has 0 radical (unpaired) electrons. The van der Waals surface area contributed by atoms with Gasteiger partial charge in [-0.25, -0.2) is 0 Å². The van der Waals surface area contributed by atoms with Gasteiger partial charge in [0.05, 0.1) is 0 Å². The first kappa shape index (κ1) is 22.0. The summed E-state index contributed by atoms with van der Waals surface area (Å²) in [5.41, 5.74) is 0.558. The molecule has 0 aromatic carbocycles. The van der Waals surface area contributed by atoms with E-state index in [1.54, 1.807) is 19.3 Å². The number of nitrogens with one attached hydrogen (secondary N) is 4. The molecule has 5 aliphatic carbocycles. The molecule has 5 aliphatic rings. The highest BCUT2D eigenvalue weighted by Gasteiger charge is 2.50. The second-order valence-corrected chi connectivity index (χ2v) is 11.1. The van der Waals surface area contributed by atoms with Gasteiger partial charge in [0.25, 0.3) is 0 Å². The van der Waals surface area contributed by atoms with Crippen molar-refractivity contribution >= 4 is 0 Å².